The monoisotopic (exact) mass is 382 g/mol. The van der Waals surface area contributed by atoms with E-state index >= 15 is 0 Å². The standard InChI is InChI=1S/C21H23FN4S/c1-2-3-13-23-21(27)24-14-17-15-26(19-7-5-4-6-8-19)25-20(17)16-9-11-18(22)12-10-16/h4-12,15H,2-3,13-14H2,1H3,(H2,23,24,27). The Labute approximate surface area is 164 Å². The van der Waals surface area contributed by atoms with Crippen LogP contribution in [-0.2, 0) is 6.54 Å². The molecule has 0 bridgehead atoms. The Morgan fingerprint density at radius 2 is 1.81 bits per heavy atom. The van der Waals surface area contributed by atoms with Crippen LogP contribution in [0.3, 0.4) is 0 Å². The third-order valence-electron chi connectivity index (χ3n) is 4.18. The highest BCUT2D eigenvalue weighted by molar-refractivity contribution is 7.80. The molecule has 0 aliphatic rings. The average molecular weight is 383 g/mol. The molecule has 2 N–H and O–H groups in total. The number of rotatable bonds is 7. The van der Waals surface area contributed by atoms with E-state index in [0.717, 1.165) is 41.9 Å². The molecule has 0 radical (unpaired) electrons. The number of aromatic nitrogens is 2. The lowest BCUT2D eigenvalue weighted by Crippen LogP contribution is -2.35. The molecule has 140 valence electrons. The van der Waals surface area contributed by atoms with E-state index in [-0.39, 0.29) is 5.82 Å². The topological polar surface area (TPSA) is 41.9 Å². The summed E-state index contributed by atoms with van der Waals surface area (Å²) in [5.74, 6) is -0.262. The van der Waals surface area contributed by atoms with Gasteiger partial charge in [0.05, 0.1) is 11.4 Å². The van der Waals surface area contributed by atoms with Crippen LogP contribution in [0.2, 0.25) is 0 Å². The van der Waals surface area contributed by atoms with Gasteiger partial charge in [-0.15, -0.1) is 0 Å². The molecule has 2 aromatic carbocycles. The highest BCUT2D eigenvalue weighted by Gasteiger charge is 2.13. The smallest absolute Gasteiger partial charge is 0.166 e. The molecule has 0 unspecified atom stereocenters. The summed E-state index contributed by atoms with van der Waals surface area (Å²) in [4.78, 5) is 0. The van der Waals surface area contributed by atoms with E-state index in [9.17, 15) is 4.39 Å². The minimum atomic E-state index is -0.262. The molecule has 4 nitrogen and oxygen atoms in total. The van der Waals surface area contributed by atoms with Crippen LogP contribution in [0.5, 0.6) is 0 Å². The summed E-state index contributed by atoms with van der Waals surface area (Å²) in [5, 5.41) is 11.8. The molecule has 0 atom stereocenters. The van der Waals surface area contributed by atoms with Crippen LogP contribution >= 0.6 is 12.2 Å². The predicted molar refractivity (Wildman–Crippen MR) is 111 cm³/mol. The zero-order valence-electron chi connectivity index (χ0n) is 15.3. The molecule has 27 heavy (non-hydrogen) atoms. The number of nitrogens with one attached hydrogen (secondary N) is 2. The normalized spacial score (nSPS) is 10.6. The van der Waals surface area contributed by atoms with Crippen molar-refractivity contribution in [2.75, 3.05) is 6.54 Å². The molecule has 3 rings (SSSR count). The van der Waals surface area contributed by atoms with Gasteiger partial charge in [-0.3, -0.25) is 0 Å². The van der Waals surface area contributed by atoms with Crippen molar-refractivity contribution in [2.24, 2.45) is 0 Å². The summed E-state index contributed by atoms with van der Waals surface area (Å²) >= 11 is 5.34. The SMILES string of the molecule is CCCCNC(=S)NCc1cn(-c2ccccc2)nc1-c1ccc(F)cc1. The Balaban J connectivity index is 1.83. The predicted octanol–water partition coefficient (Wildman–Crippen LogP) is 4.44. The average Bonchev–Trinajstić information content (AvgIpc) is 3.12. The second kappa shape index (κ2) is 9.28. The molecule has 0 amide bonds. The summed E-state index contributed by atoms with van der Waals surface area (Å²) in [7, 11) is 0. The molecular weight excluding hydrogens is 359 g/mol. The maximum absolute atomic E-state index is 13.3. The van der Waals surface area contributed by atoms with E-state index in [0.29, 0.717) is 11.7 Å². The zero-order chi connectivity index (χ0) is 19.1. The summed E-state index contributed by atoms with van der Waals surface area (Å²) in [5.41, 5.74) is 3.64. The lowest BCUT2D eigenvalue weighted by Gasteiger charge is -2.10. The summed E-state index contributed by atoms with van der Waals surface area (Å²) in [6.45, 7) is 3.54. The van der Waals surface area contributed by atoms with Crippen molar-refractivity contribution < 1.29 is 4.39 Å². The molecule has 0 spiro atoms. The Morgan fingerprint density at radius 1 is 1.07 bits per heavy atom. The van der Waals surface area contributed by atoms with Gasteiger partial charge in [0.25, 0.3) is 0 Å². The van der Waals surface area contributed by atoms with Crippen molar-refractivity contribution in [3.05, 3.63) is 72.2 Å². The Hall–Kier alpha value is -2.73. The molecule has 0 saturated carbocycles. The first-order valence-electron chi connectivity index (χ1n) is 9.09. The van der Waals surface area contributed by atoms with Gasteiger partial charge in [0.1, 0.15) is 5.82 Å². The molecule has 3 aromatic rings. The highest BCUT2D eigenvalue weighted by Crippen LogP contribution is 2.24. The van der Waals surface area contributed by atoms with E-state index in [2.05, 4.69) is 17.6 Å². The molecule has 1 aromatic heterocycles. The fraction of sp³-hybridized carbons (Fsp3) is 0.238. The molecule has 0 aliphatic carbocycles. The maximum Gasteiger partial charge on any atom is 0.166 e. The van der Waals surface area contributed by atoms with Gasteiger partial charge in [0.15, 0.2) is 5.11 Å². The number of thiocarbonyl (C=S) groups is 1. The quantitative estimate of drug-likeness (QED) is 0.468. The van der Waals surface area contributed by atoms with Crippen molar-refractivity contribution in [2.45, 2.75) is 26.3 Å². The third-order valence-corrected chi connectivity index (χ3v) is 4.47. The summed E-state index contributed by atoms with van der Waals surface area (Å²) in [6, 6.07) is 16.3. The molecule has 1 heterocycles. The van der Waals surface area contributed by atoms with Crippen LogP contribution in [0.4, 0.5) is 4.39 Å². The minimum Gasteiger partial charge on any atom is -0.363 e. The van der Waals surface area contributed by atoms with Crippen molar-refractivity contribution >= 4 is 17.3 Å². The summed E-state index contributed by atoms with van der Waals surface area (Å²) < 4.78 is 15.1. The first-order chi connectivity index (χ1) is 13.2. The van der Waals surface area contributed by atoms with Gasteiger partial charge >= 0.3 is 0 Å². The Morgan fingerprint density at radius 3 is 2.52 bits per heavy atom. The molecular formula is C21H23FN4S. The second-order valence-electron chi connectivity index (χ2n) is 6.25. The minimum absolute atomic E-state index is 0.262. The number of benzene rings is 2. The fourth-order valence-electron chi connectivity index (χ4n) is 2.72. The van der Waals surface area contributed by atoms with Gasteiger partial charge in [0, 0.05) is 30.4 Å². The molecule has 0 saturated heterocycles. The van der Waals surface area contributed by atoms with E-state index < -0.39 is 0 Å². The van der Waals surface area contributed by atoms with Crippen LogP contribution in [-0.4, -0.2) is 21.4 Å². The first kappa shape index (κ1) is 19.0. The lowest BCUT2D eigenvalue weighted by atomic mass is 10.1. The number of hydrogen-bond donors (Lipinski definition) is 2. The van der Waals surface area contributed by atoms with E-state index in [4.69, 9.17) is 17.3 Å². The van der Waals surface area contributed by atoms with Crippen LogP contribution in [0.25, 0.3) is 16.9 Å². The highest BCUT2D eigenvalue weighted by atomic mass is 32.1. The zero-order valence-corrected chi connectivity index (χ0v) is 16.1. The largest absolute Gasteiger partial charge is 0.363 e. The van der Waals surface area contributed by atoms with Gasteiger partial charge in [0.2, 0.25) is 0 Å². The lowest BCUT2D eigenvalue weighted by molar-refractivity contribution is 0.628. The number of halogens is 1. The molecule has 6 heteroatoms. The van der Waals surface area contributed by atoms with E-state index in [1.165, 1.54) is 12.1 Å². The van der Waals surface area contributed by atoms with Crippen molar-refractivity contribution in [1.82, 2.24) is 20.4 Å². The van der Waals surface area contributed by atoms with E-state index in [1.54, 1.807) is 12.1 Å². The van der Waals surface area contributed by atoms with Crippen molar-refractivity contribution in [1.29, 1.82) is 0 Å². The maximum atomic E-state index is 13.3. The third kappa shape index (κ3) is 5.14. The van der Waals surface area contributed by atoms with Gasteiger partial charge in [-0.25, -0.2) is 9.07 Å². The molecule has 0 aliphatic heterocycles. The number of unbranched alkanes of at least 4 members (excludes halogenated alkanes) is 1. The van der Waals surface area contributed by atoms with Gasteiger partial charge < -0.3 is 10.6 Å². The van der Waals surface area contributed by atoms with Crippen LogP contribution in [0.15, 0.2) is 60.8 Å². The van der Waals surface area contributed by atoms with Gasteiger partial charge in [-0.05, 0) is 55.0 Å². The van der Waals surface area contributed by atoms with Crippen molar-refractivity contribution in [3.8, 4) is 16.9 Å². The van der Waals surface area contributed by atoms with Gasteiger partial charge in [-0.1, -0.05) is 31.5 Å². The summed E-state index contributed by atoms with van der Waals surface area (Å²) in [6.07, 6.45) is 4.18. The van der Waals surface area contributed by atoms with Crippen LogP contribution < -0.4 is 10.6 Å². The Bertz CT molecular complexity index is 875. The number of hydrogen-bond acceptors (Lipinski definition) is 2. The molecule has 0 fully saturated rings. The first-order valence-corrected chi connectivity index (χ1v) is 9.50. The second-order valence-corrected chi connectivity index (χ2v) is 6.66. The number of nitrogens with zero attached hydrogens (tertiary/aromatic N) is 2. The van der Waals surface area contributed by atoms with E-state index in [1.807, 2.05) is 41.2 Å². The Kier molecular flexibility index (Phi) is 6.54. The fourth-order valence-corrected chi connectivity index (χ4v) is 2.89. The van der Waals surface area contributed by atoms with Crippen LogP contribution in [0, 0.1) is 5.82 Å². The van der Waals surface area contributed by atoms with Gasteiger partial charge in [-0.2, -0.15) is 5.10 Å². The van der Waals surface area contributed by atoms with Crippen molar-refractivity contribution in [3.63, 3.8) is 0 Å². The van der Waals surface area contributed by atoms with Crippen LogP contribution in [0.1, 0.15) is 25.3 Å². The number of para-hydroxylation sites is 1.